The van der Waals surface area contributed by atoms with E-state index in [1.807, 2.05) is 20.8 Å². The van der Waals surface area contributed by atoms with Gasteiger partial charge in [-0.05, 0) is 67.7 Å². The van der Waals surface area contributed by atoms with Gasteiger partial charge in [-0.2, -0.15) is 24.4 Å². The lowest BCUT2D eigenvalue weighted by molar-refractivity contribution is -0.725. The van der Waals surface area contributed by atoms with Gasteiger partial charge in [0, 0.05) is 0 Å². The lowest BCUT2D eigenvalue weighted by Crippen LogP contribution is -2.68. The second-order valence-electron chi connectivity index (χ2n) is 10.3. The van der Waals surface area contributed by atoms with E-state index in [0.29, 0.717) is 12.8 Å². The molecule has 0 saturated heterocycles. The standard InChI is InChI=1S/C24H50O12/c1-11-14-17-26-29-20(4)23(33-27-18-15-12-2,34-28-19-16-13-3)24(30-25,35-31-21(5,6)7)36-32-22(8,9)10/h20,25H,11-19H2,1-10H3. The molecular formula is C24H50O12. The van der Waals surface area contributed by atoms with Crippen LogP contribution in [0.3, 0.4) is 0 Å². The van der Waals surface area contributed by atoms with Crippen molar-refractivity contribution in [2.45, 2.75) is 137 Å². The highest BCUT2D eigenvalue weighted by molar-refractivity contribution is 4.85. The Morgan fingerprint density at radius 2 is 0.972 bits per heavy atom. The molecule has 1 atom stereocenters. The molecular weight excluding hydrogens is 480 g/mol. The average Bonchev–Trinajstić information content (AvgIpc) is 2.80. The minimum absolute atomic E-state index is 0.155. The zero-order chi connectivity index (χ0) is 27.7. The van der Waals surface area contributed by atoms with Gasteiger partial charge in [0.2, 0.25) is 0 Å². The van der Waals surface area contributed by atoms with Crippen LogP contribution < -0.4 is 0 Å². The Balaban J connectivity index is 6.50. The van der Waals surface area contributed by atoms with Gasteiger partial charge in [0.05, 0.1) is 31.0 Å². The van der Waals surface area contributed by atoms with Crippen molar-refractivity contribution < 1.29 is 59.0 Å². The molecule has 36 heavy (non-hydrogen) atoms. The van der Waals surface area contributed by atoms with Crippen molar-refractivity contribution >= 4 is 0 Å². The van der Waals surface area contributed by atoms with Crippen LogP contribution in [0, 0.1) is 0 Å². The summed E-state index contributed by atoms with van der Waals surface area (Å²) in [7, 11) is 0. The first-order valence-corrected chi connectivity index (χ1v) is 12.8. The second-order valence-corrected chi connectivity index (χ2v) is 10.3. The number of hydrogen-bond donors (Lipinski definition) is 1. The van der Waals surface area contributed by atoms with E-state index in [-0.39, 0.29) is 19.8 Å². The Morgan fingerprint density at radius 3 is 1.31 bits per heavy atom. The second kappa shape index (κ2) is 17.9. The third-order valence-corrected chi connectivity index (χ3v) is 4.21. The molecule has 0 aliphatic rings. The minimum atomic E-state index is -2.81. The van der Waals surface area contributed by atoms with Gasteiger partial charge in [0.1, 0.15) is 0 Å². The Morgan fingerprint density at radius 1 is 0.583 bits per heavy atom. The lowest BCUT2D eigenvalue weighted by Gasteiger charge is -2.44. The molecule has 0 aliphatic carbocycles. The van der Waals surface area contributed by atoms with Gasteiger partial charge in [-0.25, -0.2) is 34.6 Å². The van der Waals surface area contributed by atoms with E-state index >= 15 is 0 Å². The maximum absolute atomic E-state index is 10.2. The maximum Gasteiger partial charge on any atom is 0.427 e. The van der Waals surface area contributed by atoms with E-state index < -0.39 is 29.1 Å². The SMILES string of the molecule is CCCCOOC(C)C(OOCCCC)(OOCCCC)C(OO)(OOC(C)(C)C)OOC(C)(C)C. The summed E-state index contributed by atoms with van der Waals surface area (Å²) in [5.41, 5.74) is -1.79. The fourth-order valence-corrected chi connectivity index (χ4v) is 2.17. The summed E-state index contributed by atoms with van der Waals surface area (Å²) in [5, 5.41) is 10.2. The molecule has 1 N–H and O–H groups in total. The van der Waals surface area contributed by atoms with Crippen molar-refractivity contribution in [2.24, 2.45) is 0 Å². The summed E-state index contributed by atoms with van der Waals surface area (Å²) in [6.45, 7) is 18.3. The number of hydrogen-bond acceptors (Lipinski definition) is 12. The van der Waals surface area contributed by atoms with Crippen LogP contribution in [-0.2, 0) is 53.8 Å². The van der Waals surface area contributed by atoms with Crippen LogP contribution in [0.1, 0.15) is 108 Å². The van der Waals surface area contributed by atoms with E-state index in [1.165, 1.54) is 6.92 Å². The highest BCUT2D eigenvalue weighted by Crippen LogP contribution is 2.41. The van der Waals surface area contributed by atoms with E-state index in [4.69, 9.17) is 53.8 Å². The molecule has 0 saturated carbocycles. The quantitative estimate of drug-likeness (QED) is 0.0769. The summed E-state index contributed by atoms with van der Waals surface area (Å²) >= 11 is 0. The molecule has 0 aromatic heterocycles. The van der Waals surface area contributed by atoms with Gasteiger partial charge in [-0.1, -0.05) is 40.0 Å². The first-order valence-electron chi connectivity index (χ1n) is 12.8. The van der Waals surface area contributed by atoms with Crippen LogP contribution in [0.2, 0.25) is 0 Å². The fraction of sp³-hybridized carbons (Fsp3) is 1.00. The average molecular weight is 531 g/mol. The molecule has 0 bridgehead atoms. The molecule has 0 heterocycles. The van der Waals surface area contributed by atoms with Gasteiger partial charge in [-0.3, -0.25) is 0 Å². The normalized spacial score (nSPS) is 14.4. The van der Waals surface area contributed by atoms with E-state index in [9.17, 15) is 5.26 Å². The van der Waals surface area contributed by atoms with Crippen LogP contribution in [-0.4, -0.2) is 54.1 Å². The largest absolute Gasteiger partial charge is 0.427 e. The number of unbranched alkanes of at least 4 members (excludes halogenated alkanes) is 3. The predicted octanol–water partition coefficient (Wildman–Crippen LogP) is 5.95. The summed E-state index contributed by atoms with van der Waals surface area (Å²) in [6.07, 6.45) is 3.30. The molecule has 0 aromatic carbocycles. The maximum atomic E-state index is 10.2. The smallest absolute Gasteiger partial charge is 0.246 e. The topological polar surface area (TPSA) is 122 Å². The molecule has 1 unspecified atom stereocenters. The Bertz CT molecular complexity index is 502. The van der Waals surface area contributed by atoms with Crippen molar-refractivity contribution in [1.29, 1.82) is 0 Å². The molecule has 0 aliphatic heterocycles. The van der Waals surface area contributed by atoms with Crippen molar-refractivity contribution in [2.75, 3.05) is 19.8 Å². The first kappa shape index (κ1) is 35.5. The molecule has 0 spiro atoms. The fourth-order valence-electron chi connectivity index (χ4n) is 2.17. The van der Waals surface area contributed by atoms with E-state index in [0.717, 1.165) is 25.7 Å². The zero-order valence-corrected chi connectivity index (χ0v) is 23.9. The van der Waals surface area contributed by atoms with Crippen molar-refractivity contribution in [3.05, 3.63) is 0 Å². The Kier molecular flexibility index (Phi) is 17.7. The van der Waals surface area contributed by atoms with Gasteiger partial charge in [0.25, 0.3) is 0 Å². The van der Waals surface area contributed by atoms with Crippen LogP contribution in [0.25, 0.3) is 0 Å². The van der Waals surface area contributed by atoms with Crippen molar-refractivity contribution in [3.63, 3.8) is 0 Å². The summed E-state index contributed by atoms with van der Waals surface area (Å²) < 4.78 is 0. The summed E-state index contributed by atoms with van der Waals surface area (Å²) in [5.74, 6) is -5.26. The summed E-state index contributed by atoms with van der Waals surface area (Å²) in [6, 6.07) is 0. The van der Waals surface area contributed by atoms with Gasteiger partial charge < -0.3 is 0 Å². The predicted molar refractivity (Wildman–Crippen MR) is 128 cm³/mol. The minimum Gasteiger partial charge on any atom is -0.246 e. The molecule has 12 heteroatoms. The third-order valence-electron chi connectivity index (χ3n) is 4.21. The third kappa shape index (κ3) is 13.4. The highest BCUT2D eigenvalue weighted by atomic mass is 17.4. The van der Waals surface area contributed by atoms with Gasteiger partial charge in [0.15, 0.2) is 6.10 Å². The monoisotopic (exact) mass is 530 g/mol. The van der Waals surface area contributed by atoms with Gasteiger partial charge in [-0.15, -0.1) is 0 Å². The van der Waals surface area contributed by atoms with Crippen LogP contribution in [0.4, 0.5) is 0 Å². The van der Waals surface area contributed by atoms with Gasteiger partial charge >= 0.3 is 11.8 Å². The Hall–Kier alpha value is -0.480. The van der Waals surface area contributed by atoms with Crippen molar-refractivity contribution in [3.8, 4) is 0 Å². The van der Waals surface area contributed by atoms with E-state index in [1.54, 1.807) is 41.5 Å². The highest BCUT2D eigenvalue weighted by Gasteiger charge is 2.70. The molecule has 0 amide bonds. The lowest BCUT2D eigenvalue weighted by atomic mass is 10.1. The van der Waals surface area contributed by atoms with E-state index in [2.05, 4.69) is 0 Å². The first-order chi connectivity index (χ1) is 16.8. The van der Waals surface area contributed by atoms with Crippen LogP contribution in [0.5, 0.6) is 0 Å². The Labute approximate surface area is 216 Å². The molecule has 0 fully saturated rings. The van der Waals surface area contributed by atoms with Crippen LogP contribution in [0.15, 0.2) is 0 Å². The molecule has 0 aromatic rings. The number of rotatable bonds is 22. The van der Waals surface area contributed by atoms with Crippen molar-refractivity contribution in [1.82, 2.24) is 0 Å². The molecule has 12 nitrogen and oxygen atoms in total. The molecule has 0 rings (SSSR count). The zero-order valence-electron chi connectivity index (χ0n) is 23.9. The molecule has 218 valence electrons. The molecule has 0 radical (unpaired) electrons. The van der Waals surface area contributed by atoms with Crippen LogP contribution >= 0.6 is 0 Å². The summed E-state index contributed by atoms with van der Waals surface area (Å²) in [4.78, 5) is 59.6.